The van der Waals surface area contributed by atoms with Gasteiger partial charge in [-0.2, -0.15) is 0 Å². The van der Waals surface area contributed by atoms with Crippen LogP contribution in [0.5, 0.6) is 0 Å². The molecule has 112 valence electrons. The molecule has 3 heteroatoms. The summed E-state index contributed by atoms with van der Waals surface area (Å²) in [5.41, 5.74) is 2.91. The maximum atomic E-state index is 12.8. The first kappa shape index (κ1) is 14.3. The topological polar surface area (TPSA) is 36.1 Å². The third-order valence-electron chi connectivity index (χ3n) is 4.48. The van der Waals surface area contributed by atoms with Crippen LogP contribution >= 0.6 is 0 Å². The summed E-state index contributed by atoms with van der Waals surface area (Å²) in [4.78, 5) is 18.4. The Bertz CT molecular complexity index is 648. The molecule has 2 aromatic rings. The molecule has 0 amide bonds. The number of aryl methyl sites for hydroxylation is 1. The van der Waals surface area contributed by atoms with Crippen molar-refractivity contribution in [2.45, 2.75) is 27.2 Å². The van der Waals surface area contributed by atoms with Crippen LogP contribution in [-0.4, -0.2) is 35.3 Å². The van der Waals surface area contributed by atoms with E-state index in [4.69, 9.17) is 0 Å². The van der Waals surface area contributed by atoms with Crippen LogP contribution in [0.1, 0.15) is 36.3 Å². The van der Waals surface area contributed by atoms with Gasteiger partial charge in [0.25, 0.3) is 0 Å². The molecule has 3 nitrogen and oxygen atoms in total. The zero-order chi connectivity index (χ0) is 15.0. The number of benzene rings is 1. The van der Waals surface area contributed by atoms with Gasteiger partial charge >= 0.3 is 0 Å². The number of aromatic nitrogens is 1. The number of para-hydroxylation sites is 1. The second-order valence-electron chi connectivity index (χ2n) is 6.73. The van der Waals surface area contributed by atoms with Gasteiger partial charge in [-0.1, -0.05) is 32.0 Å². The van der Waals surface area contributed by atoms with Crippen LogP contribution in [0.15, 0.2) is 24.3 Å². The zero-order valence-corrected chi connectivity index (χ0v) is 13.1. The Balaban J connectivity index is 1.82. The number of hydrogen-bond donors (Lipinski definition) is 1. The van der Waals surface area contributed by atoms with E-state index in [1.54, 1.807) is 0 Å². The minimum atomic E-state index is 0.242. The zero-order valence-electron chi connectivity index (χ0n) is 13.1. The standard InChI is InChI=1S/C18H24N2O/c1-12-8-13(2)10-20(9-12)11-17(21)18-14(3)19-16-7-5-4-6-15(16)18/h4-7,12-13,19H,8-11H2,1-3H3/t12-,13-/m0/s1. The Hall–Kier alpha value is -1.61. The highest BCUT2D eigenvalue weighted by Gasteiger charge is 2.25. The fourth-order valence-corrected chi connectivity index (χ4v) is 3.84. The lowest BCUT2D eigenvalue weighted by Gasteiger charge is -2.34. The number of Topliss-reactive ketones (excluding diaryl/α,β-unsaturated/α-hetero) is 1. The predicted octanol–water partition coefficient (Wildman–Crippen LogP) is 3.64. The van der Waals surface area contributed by atoms with Crippen molar-refractivity contribution in [1.82, 2.24) is 9.88 Å². The van der Waals surface area contributed by atoms with E-state index in [1.807, 2.05) is 31.2 Å². The molecule has 0 radical (unpaired) electrons. The highest BCUT2D eigenvalue weighted by Crippen LogP contribution is 2.25. The lowest BCUT2D eigenvalue weighted by atomic mass is 9.91. The van der Waals surface area contributed by atoms with Gasteiger partial charge in [0.1, 0.15) is 0 Å². The smallest absolute Gasteiger partial charge is 0.179 e. The van der Waals surface area contributed by atoms with E-state index in [-0.39, 0.29) is 5.78 Å². The van der Waals surface area contributed by atoms with Crippen molar-refractivity contribution in [2.24, 2.45) is 11.8 Å². The fourth-order valence-electron chi connectivity index (χ4n) is 3.84. The molecule has 1 fully saturated rings. The van der Waals surface area contributed by atoms with Crippen molar-refractivity contribution in [3.05, 3.63) is 35.5 Å². The molecule has 1 saturated heterocycles. The fraction of sp³-hybridized carbons (Fsp3) is 0.500. The van der Waals surface area contributed by atoms with Crippen LogP contribution in [0.2, 0.25) is 0 Å². The number of nitrogens with zero attached hydrogens (tertiary/aromatic N) is 1. The van der Waals surface area contributed by atoms with Gasteiger partial charge in [0.2, 0.25) is 0 Å². The van der Waals surface area contributed by atoms with E-state index < -0.39 is 0 Å². The summed E-state index contributed by atoms with van der Waals surface area (Å²) >= 11 is 0. The Morgan fingerprint density at radius 3 is 2.62 bits per heavy atom. The summed E-state index contributed by atoms with van der Waals surface area (Å²) in [5.74, 6) is 1.61. The third-order valence-corrected chi connectivity index (χ3v) is 4.48. The van der Waals surface area contributed by atoms with Gasteiger partial charge in [-0.15, -0.1) is 0 Å². The minimum absolute atomic E-state index is 0.242. The molecular formula is C18H24N2O. The van der Waals surface area contributed by atoms with Gasteiger partial charge in [0, 0.05) is 35.2 Å². The van der Waals surface area contributed by atoms with Crippen molar-refractivity contribution in [2.75, 3.05) is 19.6 Å². The van der Waals surface area contributed by atoms with Gasteiger partial charge in [0.15, 0.2) is 5.78 Å². The van der Waals surface area contributed by atoms with Crippen LogP contribution in [0.4, 0.5) is 0 Å². The number of rotatable bonds is 3. The lowest BCUT2D eigenvalue weighted by Crippen LogP contribution is -2.41. The Morgan fingerprint density at radius 2 is 1.90 bits per heavy atom. The molecule has 0 aliphatic carbocycles. The molecule has 2 atom stereocenters. The summed E-state index contributed by atoms with van der Waals surface area (Å²) in [6.07, 6.45) is 1.27. The molecule has 1 aliphatic rings. The first-order valence-corrected chi connectivity index (χ1v) is 7.87. The second-order valence-corrected chi connectivity index (χ2v) is 6.73. The molecule has 0 spiro atoms. The molecule has 0 saturated carbocycles. The SMILES string of the molecule is Cc1[nH]c2ccccc2c1C(=O)CN1C[C@@H](C)C[C@H](C)C1. The molecule has 1 aromatic carbocycles. The van der Waals surface area contributed by atoms with Crippen molar-refractivity contribution in [1.29, 1.82) is 0 Å². The molecule has 1 aliphatic heterocycles. The van der Waals surface area contributed by atoms with Gasteiger partial charge in [-0.25, -0.2) is 0 Å². The summed E-state index contributed by atoms with van der Waals surface area (Å²) in [7, 11) is 0. The van der Waals surface area contributed by atoms with E-state index in [0.717, 1.165) is 35.2 Å². The first-order valence-electron chi connectivity index (χ1n) is 7.87. The first-order chi connectivity index (χ1) is 10.0. The Kier molecular flexibility index (Phi) is 3.85. The van der Waals surface area contributed by atoms with Crippen molar-refractivity contribution < 1.29 is 4.79 Å². The minimum Gasteiger partial charge on any atom is -0.358 e. The normalized spacial score (nSPS) is 23.6. The number of carbonyl (C=O) groups is 1. The second kappa shape index (κ2) is 5.64. The molecule has 2 heterocycles. The van der Waals surface area contributed by atoms with Gasteiger partial charge in [-0.05, 0) is 31.2 Å². The third kappa shape index (κ3) is 2.88. The predicted molar refractivity (Wildman–Crippen MR) is 86.8 cm³/mol. The average molecular weight is 284 g/mol. The number of aromatic amines is 1. The number of piperidine rings is 1. The summed E-state index contributed by atoms with van der Waals surface area (Å²) in [6, 6.07) is 8.07. The van der Waals surface area contributed by atoms with Crippen LogP contribution in [-0.2, 0) is 0 Å². The number of fused-ring (bicyclic) bond motifs is 1. The number of likely N-dealkylation sites (tertiary alicyclic amines) is 1. The van der Waals surface area contributed by atoms with Gasteiger partial charge < -0.3 is 4.98 Å². The number of H-pyrrole nitrogens is 1. The quantitative estimate of drug-likeness (QED) is 0.874. The van der Waals surface area contributed by atoms with Crippen LogP contribution in [0, 0.1) is 18.8 Å². The van der Waals surface area contributed by atoms with Crippen molar-refractivity contribution in [3.63, 3.8) is 0 Å². The maximum absolute atomic E-state index is 12.8. The number of hydrogen-bond acceptors (Lipinski definition) is 2. The number of carbonyl (C=O) groups excluding carboxylic acids is 1. The van der Waals surface area contributed by atoms with Gasteiger partial charge in [0.05, 0.1) is 6.54 Å². The monoisotopic (exact) mass is 284 g/mol. The van der Waals surface area contributed by atoms with E-state index in [9.17, 15) is 4.79 Å². The Labute approximate surface area is 126 Å². The maximum Gasteiger partial charge on any atom is 0.179 e. The van der Waals surface area contributed by atoms with Crippen LogP contribution in [0.25, 0.3) is 10.9 Å². The van der Waals surface area contributed by atoms with Crippen molar-refractivity contribution in [3.8, 4) is 0 Å². The average Bonchev–Trinajstić information content (AvgIpc) is 2.73. The summed E-state index contributed by atoms with van der Waals surface area (Å²) in [6.45, 7) is 9.18. The molecule has 3 rings (SSSR count). The van der Waals surface area contributed by atoms with Crippen molar-refractivity contribution >= 4 is 16.7 Å². The lowest BCUT2D eigenvalue weighted by molar-refractivity contribution is 0.0850. The van der Waals surface area contributed by atoms with E-state index in [1.165, 1.54) is 6.42 Å². The molecular weight excluding hydrogens is 260 g/mol. The molecule has 1 N–H and O–H groups in total. The van der Waals surface area contributed by atoms with Crippen LogP contribution in [0.3, 0.4) is 0 Å². The molecule has 1 aromatic heterocycles. The molecule has 0 unspecified atom stereocenters. The van der Waals surface area contributed by atoms with E-state index in [2.05, 4.69) is 23.7 Å². The molecule has 21 heavy (non-hydrogen) atoms. The van der Waals surface area contributed by atoms with Gasteiger partial charge in [-0.3, -0.25) is 9.69 Å². The van der Waals surface area contributed by atoms with E-state index in [0.29, 0.717) is 18.4 Å². The highest BCUT2D eigenvalue weighted by molar-refractivity contribution is 6.10. The Morgan fingerprint density at radius 1 is 1.24 bits per heavy atom. The molecule has 0 bridgehead atoms. The van der Waals surface area contributed by atoms with E-state index >= 15 is 0 Å². The summed E-state index contributed by atoms with van der Waals surface area (Å²) < 4.78 is 0. The number of ketones is 1. The largest absolute Gasteiger partial charge is 0.358 e. The highest BCUT2D eigenvalue weighted by atomic mass is 16.1. The summed E-state index contributed by atoms with van der Waals surface area (Å²) in [5, 5.41) is 1.05. The van der Waals surface area contributed by atoms with Crippen LogP contribution < -0.4 is 0 Å². The number of nitrogens with one attached hydrogen (secondary N) is 1.